The summed E-state index contributed by atoms with van der Waals surface area (Å²) in [5.41, 5.74) is 1.83. The third kappa shape index (κ3) is 3.62. The second-order valence-electron chi connectivity index (χ2n) is 7.08. The number of fused-ring (bicyclic) bond motifs is 4. The van der Waals surface area contributed by atoms with Crippen molar-refractivity contribution in [1.29, 1.82) is 0 Å². The summed E-state index contributed by atoms with van der Waals surface area (Å²) >= 11 is 0. The standard InChI is InChI=1S/C19H27N3O3/c1-4-5-6-7-18(23)21-10-15-8-9-16(11-21)22(19(15)24)12-17-13(2)20-25-14(17)3/h5-6,15-16H,4,7-12H2,1-3H3. The third-order valence-electron chi connectivity index (χ3n) is 5.35. The highest BCUT2D eigenvalue weighted by Crippen LogP contribution is 2.31. The molecular weight excluding hydrogens is 318 g/mol. The van der Waals surface area contributed by atoms with Crippen molar-refractivity contribution in [3.05, 3.63) is 29.2 Å². The molecule has 6 nitrogen and oxygen atoms in total. The van der Waals surface area contributed by atoms with Crippen LogP contribution in [0.4, 0.5) is 0 Å². The van der Waals surface area contributed by atoms with Gasteiger partial charge in [-0.25, -0.2) is 0 Å². The van der Waals surface area contributed by atoms with Crippen molar-refractivity contribution in [3.8, 4) is 0 Å². The number of amides is 2. The van der Waals surface area contributed by atoms with Crippen LogP contribution in [0.5, 0.6) is 0 Å². The van der Waals surface area contributed by atoms with Crippen molar-refractivity contribution < 1.29 is 14.1 Å². The molecule has 1 aromatic rings. The van der Waals surface area contributed by atoms with E-state index >= 15 is 0 Å². The molecule has 3 fully saturated rings. The molecule has 136 valence electrons. The van der Waals surface area contributed by atoms with E-state index in [0.717, 1.165) is 36.3 Å². The van der Waals surface area contributed by atoms with Gasteiger partial charge in [-0.2, -0.15) is 0 Å². The minimum Gasteiger partial charge on any atom is -0.361 e. The fraction of sp³-hybridized carbons (Fsp3) is 0.632. The molecule has 6 heteroatoms. The van der Waals surface area contributed by atoms with Crippen molar-refractivity contribution in [3.63, 3.8) is 0 Å². The summed E-state index contributed by atoms with van der Waals surface area (Å²) in [4.78, 5) is 29.2. The highest BCUT2D eigenvalue weighted by atomic mass is 16.5. The molecule has 2 bridgehead atoms. The second kappa shape index (κ2) is 7.42. The van der Waals surface area contributed by atoms with Gasteiger partial charge in [-0.3, -0.25) is 9.59 Å². The summed E-state index contributed by atoms with van der Waals surface area (Å²) < 4.78 is 5.24. The van der Waals surface area contributed by atoms with Gasteiger partial charge in [0.1, 0.15) is 5.76 Å². The van der Waals surface area contributed by atoms with Crippen LogP contribution in [0.3, 0.4) is 0 Å². The number of aromatic nitrogens is 1. The number of hydrogen-bond acceptors (Lipinski definition) is 4. The lowest BCUT2D eigenvalue weighted by Gasteiger charge is -2.35. The molecule has 1 aromatic heterocycles. The van der Waals surface area contributed by atoms with E-state index in [1.54, 1.807) is 0 Å². The van der Waals surface area contributed by atoms with Crippen LogP contribution in [0.25, 0.3) is 0 Å². The third-order valence-corrected chi connectivity index (χ3v) is 5.35. The SMILES string of the molecule is CCC=CCC(=O)N1CC2CCC(C1)N(Cc1c(C)noc1C)C2=O. The fourth-order valence-electron chi connectivity index (χ4n) is 3.83. The van der Waals surface area contributed by atoms with Gasteiger partial charge in [-0.05, 0) is 33.1 Å². The van der Waals surface area contributed by atoms with E-state index in [-0.39, 0.29) is 23.8 Å². The van der Waals surface area contributed by atoms with Gasteiger partial charge in [0.2, 0.25) is 11.8 Å². The second-order valence-corrected chi connectivity index (χ2v) is 7.08. The van der Waals surface area contributed by atoms with Gasteiger partial charge in [0, 0.05) is 31.1 Å². The first kappa shape index (κ1) is 17.7. The first-order valence-electron chi connectivity index (χ1n) is 9.16. The molecular formula is C19H27N3O3. The van der Waals surface area contributed by atoms with Gasteiger partial charge in [0.05, 0.1) is 18.2 Å². The molecule has 2 atom stereocenters. The number of nitrogens with zero attached hydrogens (tertiary/aromatic N) is 3. The summed E-state index contributed by atoms with van der Waals surface area (Å²) in [6.45, 7) is 7.54. The van der Waals surface area contributed by atoms with Crippen molar-refractivity contribution >= 4 is 11.8 Å². The Balaban J connectivity index is 1.75. The average Bonchev–Trinajstić information content (AvgIpc) is 2.78. The smallest absolute Gasteiger partial charge is 0.228 e. The zero-order chi connectivity index (χ0) is 18.0. The molecule has 25 heavy (non-hydrogen) atoms. The van der Waals surface area contributed by atoms with E-state index in [1.807, 2.05) is 35.8 Å². The number of aryl methyl sites for hydroxylation is 2. The van der Waals surface area contributed by atoms with E-state index in [0.29, 0.717) is 26.1 Å². The van der Waals surface area contributed by atoms with Crippen LogP contribution >= 0.6 is 0 Å². The quantitative estimate of drug-likeness (QED) is 0.770. The van der Waals surface area contributed by atoms with Gasteiger partial charge in [0.25, 0.3) is 0 Å². The topological polar surface area (TPSA) is 66.7 Å². The maximum atomic E-state index is 12.9. The number of piperidine rings is 1. The number of allylic oxidation sites excluding steroid dienone is 1. The van der Waals surface area contributed by atoms with E-state index in [2.05, 4.69) is 12.1 Å². The normalized spacial score (nSPS) is 23.6. The Morgan fingerprint density at radius 2 is 2.08 bits per heavy atom. The molecule has 3 aliphatic rings. The number of carbonyl (C=O) groups is 2. The van der Waals surface area contributed by atoms with Crippen LogP contribution in [0, 0.1) is 19.8 Å². The maximum Gasteiger partial charge on any atom is 0.228 e. The number of carbonyl (C=O) groups excluding carboxylic acids is 2. The van der Waals surface area contributed by atoms with Gasteiger partial charge in [0.15, 0.2) is 0 Å². The Hall–Kier alpha value is -2.11. The maximum absolute atomic E-state index is 12.9. The van der Waals surface area contributed by atoms with Crippen LogP contribution in [-0.2, 0) is 16.1 Å². The molecule has 0 spiro atoms. The van der Waals surface area contributed by atoms with E-state index < -0.39 is 0 Å². The van der Waals surface area contributed by atoms with Crippen LogP contribution < -0.4 is 0 Å². The van der Waals surface area contributed by atoms with E-state index in [9.17, 15) is 9.59 Å². The van der Waals surface area contributed by atoms with E-state index in [1.165, 1.54) is 0 Å². The summed E-state index contributed by atoms with van der Waals surface area (Å²) in [5, 5.41) is 3.99. The Labute approximate surface area is 148 Å². The van der Waals surface area contributed by atoms with Crippen molar-refractivity contribution in [1.82, 2.24) is 15.0 Å². The minimum atomic E-state index is -0.0849. The average molecular weight is 345 g/mol. The lowest BCUT2D eigenvalue weighted by atomic mass is 9.93. The van der Waals surface area contributed by atoms with Crippen LogP contribution in [0.1, 0.15) is 49.6 Å². The number of hydrogen-bond donors (Lipinski definition) is 0. The van der Waals surface area contributed by atoms with Crippen molar-refractivity contribution in [2.45, 2.75) is 59.0 Å². The summed E-state index contributed by atoms with van der Waals surface area (Å²) in [6.07, 6.45) is 7.12. The number of rotatable bonds is 5. The molecule has 4 heterocycles. The molecule has 2 unspecified atom stereocenters. The summed E-state index contributed by atoms with van der Waals surface area (Å²) in [7, 11) is 0. The van der Waals surface area contributed by atoms with Crippen LogP contribution in [0.2, 0.25) is 0 Å². The molecule has 3 saturated heterocycles. The molecule has 0 saturated carbocycles. The first-order chi connectivity index (χ1) is 12.0. The Bertz CT molecular complexity index is 660. The highest BCUT2D eigenvalue weighted by molar-refractivity contribution is 5.83. The Morgan fingerprint density at radius 3 is 2.76 bits per heavy atom. The van der Waals surface area contributed by atoms with Gasteiger partial charge in [-0.15, -0.1) is 0 Å². The minimum absolute atomic E-state index is 0.0825. The summed E-state index contributed by atoms with van der Waals surface area (Å²) in [6, 6.07) is 0.0825. The molecule has 2 amide bonds. The Kier molecular flexibility index (Phi) is 5.25. The van der Waals surface area contributed by atoms with Gasteiger partial charge >= 0.3 is 0 Å². The Morgan fingerprint density at radius 1 is 1.28 bits per heavy atom. The molecule has 4 rings (SSSR count). The van der Waals surface area contributed by atoms with Crippen molar-refractivity contribution in [2.75, 3.05) is 13.1 Å². The van der Waals surface area contributed by atoms with Crippen molar-refractivity contribution in [2.24, 2.45) is 5.92 Å². The monoisotopic (exact) mass is 345 g/mol. The predicted molar refractivity (Wildman–Crippen MR) is 93.7 cm³/mol. The highest BCUT2D eigenvalue weighted by Gasteiger charge is 2.42. The molecule has 0 aromatic carbocycles. The lowest BCUT2D eigenvalue weighted by molar-refractivity contribution is -0.140. The molecule has 0 aliphatic carbocycles. The first-order valence-corrected chi connectivity index (χ1v) is 9.16. The van der Waals surface area contributed by atoms with Crippen LogP contribution in [0.15, 0.2) is 16.7 Å². The van der Waals surface area contributed by atoms with E-state index in [4.69, 9.17) is 4.52 Å². The fourth-order valence-corrected chi connectivity index (χ4v) is 3.83. The predicted octanol–water partition coefficient (Wildman–Crippen LogP) is 2.60. The largest absolute Gasteiger partial charge is 0.361 e. The summed E-state index contributed by atoms with van der Waals surface area (Å²) in [5.74, 6) is 0.964. The molecule has 0 radical (unpaired) electrons. The zero-order valence-electron chi connectivity index (χ0n) is 15.3. The lowest BCUT2D eigenvalue weighted by Crippen LogP contribution is -2.47. The zero-order valence-corrected chi connectivity index (χ0v) is 15.3. The van der Waals surface area contributed by atoms with Gasteiger partial charge in [-0.1, -0.05) is 24.2 Å². The van der Waals surface area contributed by atoms with Gasteiger partial charge < -0.3 is 14.3 Å². The molecule has 0 N–H and O–H groups in total. The molecule has 3 aliphatic heterocycles. The van der Waals surface area contributed by atoms with Crippen LogP contribution in [-0.4, -0.2) is 45.9 Å².